The van der Waals surface area contributed by atoms with E-state index in [1.165, 1.54) is 12.2 Å². The SMILES string of the molecule is CSCCCC(CO)NCC(C)C. The highest BCUT2D eigenvalue weighted by Crippen LogP contribution is 2.03. The van der Waals surface area contributed by atoms with Crippen molar-refractivity contribution in [1.29, 1.82) is 0 Å². The van der Waals surface area contributed by atoms with E-state index in [9.17, 15) is 0 Å². The summed E-state index contributed by atoms with van der Waals surface area (Å²) in [5.74, 6) is 1.86. The van der Waals surface area contributed by atoms with Gasteiger partial charge in [0.2, 0.25) is 0 Å². The predicted molar refractivity (Wildman–Crippen MR) is 61.3 cm³/mol. The number of aliphatic hydroxyl groups excluding tert-OH is 1. The second-order valence-electron chi connectivity index (χ2n) is 3.82. The average Bonchev–Trinajstić information content (AvgIpc) is 2.10. The van der Waals surface area contributed by atoms with Gasteiger partial charge in [-0.25, -0.2) is 0 Å². The molecule has 0 bridgehead atoms. The number of hydrogen-bond acceptors (Lipinski definition) is 3. The van der Waals surface area contributed by atoms with Gasteiger partial charge in [0, 0.05) is 6.04 Å². The molecular formula is C10H23NOS. The maximum atomic E-state index is 9.07. The van der Waals surface area contributed by atoms with Crippen LogP contribution in [0.3, 0.4) is 0 Å². The molecule has 0 aromatic rings. The Bertz CT molecular complexity index is 109. The molecule has 3 heteroatoms. The summed E-state index contributed by atoms with van der Waals surface area (Å²) in [5.41, 5.74) is 0. The van der Waals surface area contributed by atoms with E-state index < -0.39 is 0 Å². The van der Waals surface area contributed by atoms with E-state index in [0.717, 1.165) is 13.0 Å². The van der Waals surface area contributed by atoms with Crippen LogP contribution >= 0.6 is 11.8 Å². The Kier molecular flexibility index (Phi) is 9.03. The lowest BCUT2D eigenvalue weighted by Crippen LogP contribution is -2.35. The number of nitrogens with one attached hydrogen (secondary N) is 1. The summed E-state index contributed by atoms with van der Waals surface area (Å²) in [5, 5.41) is 12.4. The van der Waals surface area contributed by atoms with Crippen LogP contribution in [-0.4, -0.2) is 36.3 Å². The van der Waals surface area contributed by atoms with E-state index in [1.54, 1.807) is 0 Å². The molecule has 0 saturated heterocycles. The molecule has 2 N–H and O–H groups in total. The zero-order chi connectivity index (χ0) is 10.1. The van der Waals surface area contributed by atoms with Crippen molar-refractivity contribution >= 4 is 11.8 Å². The van der Waals surface area contributed by atoms with E-state index in [2.05, 4.69) is 25.4 Å². The lowest BCUT2D eigenvalue weighted by Gasteiger charge is -2.17. The second kappa shape index (κ2) is 8.85. The molecule has 0 aromatic heterocycles. The summed E-state index contributed by atoms with van der Waals surface area (Å²) < 4.78 is 0. The minimum absolute atomic E-state index is 0.265. The number of rotatable bonds is 8. The summed E-state index contributed by atoms with van der Waals surface area (Å²) in [6.45, 7) is 5.64. The molecule has 0 spiro atoms. The molecule has 80 valence electrons. The van der Waals surface area contributed by atoms with E-state index in [1.807, 2.05) is 11.8 Å². The highest BCUT2D eigenvalue weighted by molar-refractivity contribution is 7.98. The molecule has 1 atom stereocenters. The van der Waals surface area contributed by atoms with Crippen molar-refractivity contribution in [2.24, 2.45) is 5.92 Å². The largest absolute Gasteiger partial charge is 0.395 e. The summed E-state index contributed by atoms with van der Waals surface area (Å²) in [4.78, 5) is 0. The Labute approximate surface area is 86.5 Å². The van der Waals surface area contributed by atoms with Crippen LogP contribution in [0.1, 0.15) is 26.7 Å². The molecule has 0 aliphatic rings. The minimum atomic E-state index is 0.265. The maximum Gasteiger partial charge on any atom is 0.0584 e. The monoisotopic (exact) mass is 205 g/mol. The Balaban J connectivity index is 3.39. The van der Waals surface area contributed by atoms with Gasteiger partial charge in [0.05, 0.1) is 6.61 Å². The number of aliphatic hydroxyl groups is 1. The van der Waals surface area contributed by atoms with Crippen molar-refractivity contribution in [2.75, 3.05) is 25.2 Å². The zero-order valence-electron chi connectivity index (χ0n) is 9.05. The first kappa shape index (κ1) is 13.3. The lowest BCUT2D eigenvalue weighted by atomic mass is 10.1. The zero-order valence-corrected chi connectivity index (χ0v) is 9.86. The van der Waals surface area contributed by atoms with Crippen LogP contribution < -0.4 is 5.32 Å². The van der Waals surface area contributed by atoms with Gasteiger partial charge in [0.25, 0.3) is 0 Å². The van der Waals surface area contributed by atoms with Gasteiger partial charge in [-0.2, -0.15) is 11.8 Å². The molecule has 0 heterocycles. The minimum Gasteiger partial charge on any atom is -0.395 e. The van der Waals surface area contributed by atoms with Gasteiger partial charge in [0.1, 0.15) is 0 Å². The first-order valence-corrected chi connectivity index (χ1v) is 6.43. The van der Waals surface area contributed by atoms with Crippen LogP contribution in [0.5, 0.6) is 0 Å². The average molecular weight is 205 g/mol. The van der Waals surface area contributed by atoms with Gasteiger partial charge in [-0.15, -0.1) is 0 Å². The Morgan fingerprint density at radius 3 is 2.54 bits per heavy atom. The smallest absolute Gasteiger partial charge is 0.0584 e. The Morgan fingerprint density at radius 2 is 2.08 bits per heavy atom. The fraction of sp³-hybridized carbons (Fsp3) is 1.00. The van der Waals surface area contributed by atoms with Crippen LogP contribution in [0, 0.1) is 5.92 Å². The van der Waals surface area contributed by atoms with Gasteiger partial charge in [0.15, 0.2) is 0 Å². The van der Waals surface area contributed by atoms with Gasteiger partial charge in [-0.05, 0) is 37.3 Å². The van der Waals surface area contributed by atoms with E-state index >= 15 is 0 Å². The molecule has 0 aliphatic carbocycles. The number of hydrogen-bond donors (Lipinski definition) is 2. The summed E-state index contributed by atoms with van der Waals surface area (Å²) in [6.07, 6.45) is 4.40. The first-order valence-electron chi connectivity index (χ1n) is 5.03. The molecule has 0 saturated carbocycles. The van der Waals surface area contributed by atoms with Crippen LogP contribution in [0.4, 0.5) is 0 Å². The van der Waals surface area contributed by atoms with Crippen LogP contribution in [-0.2, 0) is 0 Å². The van der Waals surface area contributed by atoms with Gasteiger partial charge < -0.3 is 10.4 Å². The van der Waals surface area contributed by atoms with Crippen molar-refractivity contribution in [1.82, 2.24) is 5.32 Å². The van der Waals surface area contributed by atoms with E-state index in [-0.39, 0.29) is 6.61 Å². The van der Waals surface area contributed by atoms with Crippen molar-refractivity contribution in [3.8, 4) is 0 Å². The van der Waals surface area contributed by atoms with Crippen molar-refractivity contribution < 1.29 is 5.11 Å². The first-order chi connectivity index (χ1) is 6.20. The molecule has 0 rings (SSSR count). The fourth-order valence-electron chi connectivity index (χ4n) is 1.13. The summed E-state index contributed by atoms with van der Waals surface area (Å²) in [7, 11) is 0. The highest BCUT2D eigenvalue weighted by Gasteiger charge is 2.06. The third-order valence-electron chi connectivity index (χ3n) is 1.94. The third kappa shape index (κ3) is 8.60. The molecule has 0 amide bonds. The van der Waals surface area contributed by atoms with Gasteiger partial charge in [-0.1, -0.05) is 13.8 Å². The Hall–Kier alpha value is 0.270. The molecule has 0 fully saturated rings. The third-order valence-corrected chi connectivity index (χ3v) is 2.63. The normalized spacial score (nSPS) is 13.6. The van der Waals surface area contributed by atoms with Crippen molar-refractivity contribution in [3.05, 3.63) is 0 Å². The Morgan fingerprint density at radius 1 is 1.38 bits per heavy atom. The van der Waals surface area contributed by atoms with Crippen molar-refractivity contribution in [3.63, 3.8) is 0 Å². The standard InChI is InChI=1S/C10H23NOS/c1-9(2)7-11-10(8-12)5-4-6-13-3/h9-12H,4-8H2,1-3H3. The second-order valence-corrected chi connectivity index (χ2v) is 4.80. The topological polar surface area (TPSA) is 32.3 Å². The molecule has 0 aliphatic heterocycles. The van der Waals surface area contributed by atoms with Crippen LogP contribution in [0.2, 0.25) is 0 Å². The van der Waals surface area contributed by atoms with Crippen LogP contribution in [0.15, 0.2) is 0 Å². The van der Waals surface area contributed by atoms with E-state index in [0.29, 0.717) is 12.0 Å². The highest BCUT2D eigenvalue weighted by atomic mass is 32.2. The summed E-state index contributed by atoms with van der Waals surface area (Å²) >= 11 is 1.87. The van der Waals surface area contributed by atoms with Crippen molar-refractivity contribution in [2.45, 2.75) is 32.7 Å². The maximum absolute atomic E-state index is 9.07. The molecule has 0 aromatic carbocycles. The molecule has 0 radical (unpaired) electrons. The fourth-order valence-corrected chi connectivity index (χ4v) is 1.59. The number of thioether (sulfide) groups is 1. The van der Waals surface area contributed by atoms with Gasteiger partial charge >= 0.3 is 0 Å². The molecule has 1 unspecified atom stereocenters. The quantitative estimate of drug-likeness (QED) is 0.592. The molecular weight excluding hydrogens is 182 g/mol. The molecule has 2 nitrogen and oxygen atoms in total. The predicted octanol–water partition coefficient (Wildman–Crippen LogP) is 1.74. The molecule has 13 heavy (non-hydrogen) atoms. The van der Waals surface area contributed by atoms with Crippen LogP contribution in [0.25, 0.3) is 0 Å². The summed E-state index contributed by atoms with van der Waals surface area (Å²) in [6, 6.07) is 0.301. The lowest BCUT2D eigenvalue weighted by molar-refractivity contribution is 0.231. The van der Waals surface area contributed by atoms with E-state index in [4.69, 9.17) is 5.11 Å². The van der Waals surface area contributed by atoms with Gasteiger partial charge in [-0.3, -0.25) is 0 Å².